The maximum Gasteiger partial charge on any atom is 0.0224 e. The molecule has 1 aromatic carbocycles. The molecule has 1 rings (SSSR count). The third-order valence-electron chi connectivity index (χ3n) is 2.72. The quantitative estimate of drug-likeness (QED) is 0.767. The second kappa shape index (κ2) is 7.24. The van der Waals surface area contributed by atoms with E-state index in [1.165, 1.54) is 17.5 Å². The molecule has 1 atom stereocenters. The zero-order chi connectivity index (χ0) is 11.8. The molecule has 0 radical (unpaired) electrons. The van der Waals surface area contributed by atoms with Gasteiger partial charge >= 0.3 is 0 Å². The van der Waals surface area contributed by atoms with E-state index in [2.05, 4.69) is 62.5 Å². The van der Waals surface area contributed by atoms with E-state index in [9.17, 15) is 0 Å². The molecule has 1 N–H and O–H groups in total. The minimum absolute atomic E-state index is 0.449. The fourth-order valence-electron chi connectivity index (χ4n) is 1.71. The SMILES string of the molecule is CCCNC(C)/C=C/c1ccccc1CC. The lowest BCUT2D eigenvalue weighted by Gasteiger charge is -2.08. The van der Waals surface area contributed by atoms with Gasteiger partial charge in [-0.15, -0.1) is 0 Å². The van der Waals surface area contributed by atoms with Gasteiger partial charge in [-0.3, -0.25) is 0 Å². The smallest absolute Gasteiger partial charge is 0.0224 e. The Morgan fingerprint density at radius 3 is 2.69 bits per heavy atom. The minimum atomic E-state index is 0.449. The molecular weight excluding hydrogens is 194 g/mol. The van der Waals surface area contributed by atoms with Crippen LogP contribution in [-0.4, -0.2) is 12.6 Å². The summed E-state index contributed by atoms with van der Waals surface area (Å²) in [6.45, 7) is 7.67. The normalized spacial score (nSPS) is 13.2. The Balaban J connectivity index is 2.61. The Kier molecular flexibility index (Phi) is 5.87. The largest absolute Gasteiger partial charge is 0.311 e. The highest BCUT2D eigenvalue weighted by Crippen LogP contribution is 2.11. The second-order valence-corrected chi connectivity index (χ2v) is 4.15. The fourth-order valence-corrected chi connectivity index (χ4v) is 1.71. The molecule has 0 saturated heterocycles. The first-order chi connectivity index (χ1) is 7.77. The van der Waals surface area contributed by atoms with E-state index in [1.54, 1.807) is 0 Å². The minimum Gasteiger partial charge on any atom is -0.311 e. The predicted octanol–water partition coefficient (Wildman–Crippen LogP) is 3.65. The van der Waals surface area contributed by atoms with Crippen molar-refractivity contribution in [3.63, 3.8) is 0 Å². The van der Waals surface area contributed by atoms with E-state index in [0.717, 1.165) is 13.0 Å². The standard InChI is InChI=1S/C15H23N/c1-4-12-16-13(3)10-11-15-9-7-6-8-14(15)5-2/h6-11,13,16H,4-5,12H2,1-3H3/b11-10+. The van der Waals surface area contributed by atoms with Gasteiger partial charge in [0, 0.05) is 6.04 Å². The third-order valence-corrected chi connectivity index (χ3v) is 2.72. The van der Waals surface area contributed by atoms with E-state index >= 15 is 0 Å². The van der Waals surface area contributed by atoms with Gasteiger partial charge in [0.25, 0.3) is 0 Å². The van der Waals surface area contributed by atoms with Crippen LogP contribution in [0.5, 0.6) is 0 Å². The number of rotatable bonds is 6. The van der Waals surface area contributed by atoms with E-state index in [-0.39, 0.29) is 0 Å². The Morgan fingerprint density at radius 2 is 2.00 bits per heavy atom. The van der Waals surface area contributed by atoms with Gasteiger partial charge < -0.3 is 5.32 Å². The Bertz CT molecular complexity index is 328. The molecular formula is C15H23N. The van der Waals surface area contributed by atoms with Crippen molar-refractivity contribution in [2.75, 3.05) is 6.54 Å². The Labute approximate surface area is 99.6 Å². The number of aryl methyl sites for hydroxylation is 1. The topological polar surface area (TPSA) is 12.0 Å². The average molecular weight is 217 g/mol. The first kappa shape index (κ1) is 13.0. The van der Waals surface area contributed by atoms with Crippen molar-refractivity contribution in [2.24, 2.45) is 0 Å². The number of hydrogen-bond acceptors (Lipinski definition) is 1. The highest BCUT2D eigenvalue weighted by Gasteiger charge is 1.97. The summed E-state index contributed by atoms with van der Waals surface area (Å²) in [4.78, 5) is 0. The molecule has 0 fully saturated rings. The van der Waals surface area contributed by atoms with Crippen molar-refractivity contribution in [2.45, 2.75) is 39.7 Å². The molecule has 0 aliphatic rings. The zero-order valence-electron chi connectivity index (χ0n) is 10.7. The van der Waals surface area contributed by atoms with E-state index in [4.69, 9.17) is 0 Å². The molecule has 0 bridgehead atoms. The van der Waals surface area contributed by atoms with Gasteiger partial charge in [-0.05, 0) is 37.4 Å². The van der Waals surface area contributed by atoms with Gasteiger partial charge in [0.1, 0.15) is 0 Å². The summed E-state index contributed by atoms with van der Waals surface area (Å²) in [6.07, 6.45) is 6.75. The zero-order valence-corrected chi connectivity index (χ0v) is 10.7. The van der Waals surface area contributed by atoms with Gasteiger partial charge in [0.15, 0.2) is 0 Å². The first-order valence-corrected chi connectivity index (χ1v) is 6.27. The van der Waals surface area contributed by atoms with Crippen LogP contribution in [0, 0.1) is 0 Å². The number of hydrogen-bond donors (Lipinski definition) is 1. The molecule has 1 nitrogen and oxygen atoms in total. The summed E-state index contributed by atoms with van der Waals surface area (Å²) in [5.41, 5.74) is 2.76. The molecule has 0 aromatic heterocycles. The van der Waals surface area contributed by atoms with Crippen molar-refractivity contribution < 1.29 is 0 Å². The molecule has 0 aliphatic heterocycles. The summed E-state index contributed by atoms with van der Waals surface area (Å²) < 4.78 is 0. The Morgan fingerprint density at radius 1 is 1.25 bits per heavy atom. The summed E-state index contributed by atoms with van der Waals surface area (Å²) in [7, 11) is 0. The highest BCUT2D eigenvalue weighted by atomic mass is 14.9. The number of benzene rings is 1. The predicted molar refractivity (Wildman–Crippen MR) is 72.6 cm³/mol. The molecule has 1 heteroatoms. The van der Waals surface area contributed by atoms with Crippen LogP contribution in [0.25, 0.3) is 6.08 Å². The van der Waals surface area contributed by atoms with E-state index in [0.29, 0.717) is 6.04 Å². The lowest BCUT2D eigenvalue weighted by Crippen LogP contribution is -2.24. The lowest BCUT2D eigenvalue weighted by molar-refractivity contribution is 0.625. The summed E-state index contributed by atoms with van der Waals surface area (Å²) in [6, 6.07) is 9.04. The van der Waals surface area contributed by atoms with Crippen molar-refractivity contribution in [1.29, 1.82) is 0 Å². The van der Waals surface area contributed by atoms with Crippen LogP contribution in [0.2, 0.25) is 0 Å². The molecule has 0 heterocycles. The molecule has 0 aliphatic carbocycles. The van der Waals surface area contributed by atoms with Gasteiger partial charge in [0.2, 0.25) is 0 Å². The van der Waals surface area contributed by atoms with E-state index in [1.807, 2.05) is 0 Å². The van der Waals surface area contributed by atoms with Crippen LogP contribution < -0.4 is 5.32 Å². The second-order valence-electron chi connectivity index (χ2n) is 4.15. The first-order valence-electron chi connectivity index (χ1n) is 6.27. The summed E-state index contributed by atoms with van der Waals surface area (Å²) in [5, 5.41) is 3.45. The Hall–Kier alpha value is -1.08. The van der Waals surface area contributed by atoms with Gasteiger partial charge in [-0.1, -0.05) is 50.3 Å². The van der Waals surface area contributed by atoms with Gasteiger partial charge in [-0.25, -0.2) is 0 Å². The molecule has 16 heavy (non-hydrogen) atoms. The molecule has 0 spiro atoms. The van der Waals surface area contributed by atoms with Crippen LogP contribution >= 0.6 is 0 Å². The maximum atomic E-state index is 3.45. The fraction of sp³-hybridized carbons (Fsp3) is 0.467. The lowest BCUT2D eigenvalue weighted by atomic mass is 10.0. The monoisotopic (exact) mass is 217 g/mol. The van der Waals surface area contributed by atoms with Gasteiger partial charge in [0.05, 0.1) is 0 Å². The van der Waals surface area contributed by atoms with Gasteiger partial charge in [-0.2, -0.15) is 0 Å². The highest BCUT2D eigenvalue weighted by molar-refractivity contribution is 5.54. The van der Waals surface area contributed by atoms with Crippen molar-refractivity contribution in [3.05, 3.63) is 41.5 Å². The molecule has 88 valence electrons. The summed E-state index contributed by atoms with van der Waals surface area (Å²) in [5.74, 6) is 0. The third kappa shape index (κ3) is 4.19. The molecule has 1 aromatic rings. The maximum absolute atomic E-state index is 3.45. The van der Waals surface area contributed by atoms with Crippen molar-refractivity contribution >= 4 is 6.08 Å². The summed E-state index contributed by atoms with van der Waals surface area (Å²) >= 11 is 0. The van der Waals surface area contributed by atoms with Crippen LogP contribution in [0.3, 0.4) is 0 Å². The molecule has 1 unspecified atom stereocenters. The van der Waals surface area contributed by atoms with Crippen LogP contribution in [0.4, 0.5) is 0 Å². The average Bonchev–Trinajstić information content (AvgIpc) is 2.34. The molecule has 0 saturated carbocycles. The van der Waals surface area contributed by atoms with Crippen LogP contribution in [0.1, 0.15) is 38.3 Å². The van der Waals surface area contributed by atoms with E-state index < -0.39 is 0 Å². The van der Waals surface area contributed by atoms with Crippen LogP contribution in [0.15, 0.2) is 30.3 Å². The molecule has 0 amide bonds. The van der Waals surface area contributed by atoms with Crippen molar-refractivity contribution in [3.8, 4) is 0 Å². The van der Waals surface area contributed by atoms with Crippen LogP contribution in [-0.2, 0) is 6.42 Å². The number of nitrogens with one attached hydrogen (secondary N) is 1. The van der Waals surface area contributed by atoms with Crippen molar-refractivity contribution in [1.82, 2.24) is 5.32 Å².